The van der Waals surface area contributed by atoms with E-state index < -0.39 is 10.0 Å². The lowest BCUT2D eigenvalue weighted by Crippen LogP contribution is -2.36. The van der Waals surface area contributed by atoms with Crippen molar-refractivity contribution < 1.29 is 12.9 Å². The van der Waals surface area contributed by atoms with Gasteiger partial charge < -0.3 is 4.52 Å². The van der Waals surface area contributed by atoms with Crippen molar-refractivity contribution in [3.63, 3.8) is 0 Å². The van der Waals surface area contributed by atoms with Crippen LogP contribution in [0.1, 0.15) is 43.2 Å². The summed E-state index contributed by atoms with van der Waals surface area (Å²) in [4.78, 5) is 2.34. The molecule has 6 nitrogen and oxygen atoms in total. The quantitative estimate of drug-likeness (QED) is 0.800. The number of hydrogen-bond acceptors (Lipinski definition) is 5. The molecule has 1 fully saturated rings. The summed E-state index contributed by atoms with van der Waals surface area (Å²) < 4.78 is 30.1. The average Bonchev–Trinajstić information content (AvgIpc) is 2.85. The van der Waals surface area contributed by atoms with Crippen molar-refractivity contribution in [3.05, 3.63) is 17.5 Å². The zero-order valence-electron chi connectivity index (χ0n) is 13.1. The van der Waals surface area contributed by atoms with Crippen LogP contribution in [0.15, 0.2) is 10.6 Å². The zero-order valence-corrected chi connectivity index (χ0v) is 13.9. The van der Waals surface area contributed by atoms with Gasteiger partial charge in [0, 0.05) is 20.2 Å². The molecule has 1 saturated heterocycles. The molecule has 120 valence electrons. The number of rotatable bonds is 6. The molecule has 0 unspecified atom stereocenters. The molecule has 0 amide bonds. The molecule has 2 rings (SSSR count). The average molecular weight is 315 g/mol. The van der Waals surface area contributed by atoms with Crippen LogP contribution in [0.25, 0.3) is 0 Å². The SMILES string of the molecule is Cc1cc([C@H]2CCCCN2CCCS(=O)(=O)N(C)C)no1. The summed E-state index contributed by atoms with van der Waals surface area (Å²) in [5, 5.41) is 4.13. The third kappa shape index (κ3) is 4.28. The van der Waals surface area contributed by atoms with E-state index in [4.69, 9.17) is 4.52 Å². The first-order valence-corrected chi connectivity index (χ1v) is 9.08. The van der Waals surface area contributed by atoms with Gasteiger partial charge in [0.15, 0.2) is 0 Å². The van der Waals surface area contributed by atoms with Crippen molar-refractivity contribution in [1.82, 2.24) is 14.4 Å². The Morgan fingerprint density at radius 1 is 1.43 bits per heavy atom. The van der Waals surface area contributed by atoms with Crippen LogP contribution in [0.4, 0.5) is 0 Å². The number of likely N-dealkylation sites (tertiary alicyclic amines) is 1. The first-order chi connectivity index (χ1) is 9.90. The fraction of sp³-hybridized carbons (Fsp3) is 0.786. The van der Waals surface area contributed by atoms with Crippen molar-refractivity contribution in [2.45, 2.75) is 38.6 Å². The van der Waals surface area contributed by atoms with E-state index in [0.29, 0.717) is 6.42 Å². The molecule has 0 saturated carbocycles. The smallest absolute Gasteiger partial charge is 0.213 e. The maximum absolute atomic E-state index is 11.8. The van der Waals surface area contributed by atoms with E-state index in [1.807, 2.05) is 13.0 Å². The standard InChI is InChI=1S/C14H25N3O3S/c1-12-11-13(15-20-12)14-7-4-5-8-17(14)9-6-10-21(18,19)16(2)3/h11,14H,4-10H2,1-3H3/t14-/m1/s1. The van der Waals surface area contributed by atoms with Crippen molar-refractivity contribution >= 4 is 10.0 Å². The van der Waals surface area contributed by atoms with Crippen molar-refractivity contribution in [2.24, 2.45) is 0 Å². The summed E-state index contributed by atoms with van der Waals surface area (Å²) in [6.45, 7) is 3.68. The van der Waals surface area contributed by atoms with E-state index in [1.165, 1.54) is 10.7 Å². The molecule has 1 atom stereocenters. The van der Waals surface area contributed by atoms with Gasteiger partial charge in [0.2, 0.25) is 10.0 Å². The normalized spacial score (nSPS) is 21.0. The predicted octanol–water partition coefficient (Wildman–Crippen LogP) is 1.79. The minimum absolute atomic E-state index is 0.195. The zero-order chi connectivity index (χ0) is 15.5. The third-order valence-electron chi connectivity index (χ3n) is 4.01. The predicted molar refractivity (Wildman–Crippen MR) is 81.5 cm³/mol. The molecule has 0 radical (unpaired) electrons. The van der Waals surface area contributed by atoms with Crippen LogP contribution >= 0.6 is 0 Å². The van der Waals surface area contributed by atoms with Crippen molar-refractivity contribution in [3.8, 4) is 0 Å². The lowest BCUT2D eigenvalue weighted by Gasteiger charge is -2.34. The highest BCUT2D eigenvalue weighted by Crippen LogP contribution is 2.30. The van der Waals surface area contributed by atoms with Crippen LogP contribution < -0.4 is 0 Å². The van der Waals surface area contributed by atoms with Gasteiger partial charge in [-0.2, -0.15) is 0 Å². The second-order valence-corrected chi connectivity index (χ2v) is 8.16. The van der Waals surface area contributed by atoms with Crippen LogP contribution in [0.2, 0.25) is 0 Å². The molecule has 0 bridgehead atoms. The van der Waals surface area contributed by atoms with Crippen LogP contribution in [0, 0.1) is 6.92 Å². The van der Waals surface area contributed by atoms with Crippen LogP contribution in [-0.4, -0.2) is 55.7 Å². The minimum Gasteiger partial charge on any atom is -0.361 e. The van der Waals surface area contributed by atoms with E-state index in [1.54, 1.807) is 14.1 Å². The van der Waals surface area contributed by atoms with Gasteiger partial charge >= 0.3 is 0 Å². The largest absolute Gasteiger partial charge is 0.361 e. The first-order valence-electron chi connectivity index (χ1n) is 7.47. The lowest BCUT2D eigenvalue weighted by atomic mass is 9.99. The topological polar surface area (TPSA) is 66.7 Å². The van der Waals surface area contributed by atoms with Gasteiger partial charge in [-0.1, -0.05) is 11.6 Å². The summed E-state index contributed by atoms with van der Waals surface area (Å²) in [6.07, 6.45) is 4.05. The Labute approximate surface area is 127 Å². The number of nitrogens with zero attached hydrogens (tertiary/aromatic N) is 3. The molecule has 0 aromatic carbocycles. The second-order valence-electron chi connectivity index (χ2n) is 5.86. The lowest BCUT2D eigenvalue weighted by molar-refractivity contribution is 0.142. The summed E-state index contributed by atoms with van der Waals surface area (Å²) >= 11 is 0. The third-order valence-corrected chi connectivity index (χ3v) is 5.92. The molecule has 2 heterocycles. The molecule has 21 heavy (non-hydrogen) atoms. The molecular formula is C14H25N3O3S. The van der Waals surface area contributed by atoms with Crippen molar-refractivity contribution in [1.29, 1.82) is 0 Å². The van der Waals surface area contributed by atoms with Gasteiger partial charge in [0.25, 0.3) is 0 Å². The Bertz CT molecular complexity index is 554. The highest BCUT2D eigenvalue weighted by atomic mass is 32.2. The fourth-order valence-corrected chi connectivity index (χ4v) is 3.63. The summed E-state index contributed by atoms with van der Waals surface area (Å²) in [7, 11) is 0.0566. The van der Waals surface area contributed by atoms with Gasteiger partial charge in [-0.25, -0.2) is 12.7 Å². The van der Waals surface area contributed by atoms with Gasteiger partial charge in [-0.3, -0.25) is 4.90 Å². The molecule has 0 aliphatic carbocycles. The highest BCUT2D eigenvalue weighted by molar-refractivity contribution is 7.89. The Morgan fingerprint density at radius 2 is 2.19 bits per heavy atom. The molecule has 1 aromatic rings. The Balaban J connectivity index is 1.94. The van der Waals surface area contributed by atoms with Gasteiger partial charge in [0.05, 0.1) is 11.8 Å². The van der Waals surface area contributed by atoms with E-state index in [9.17, 15) is 8.42 Å². The summed E-state index contributed by atoms with van der Waals surface area (Å²) in [5.41, 5.74) is 0.975. The molecule has 0 spiro atoms. The van der Waals surface area contributed by atoms with Crippen LogP contribution in [-0.2, 0) is 10.0 Å². The van der Waals surface area contributed by atoms with Gasteiger partial charge in [-0.05, 0) is 39.3 Å². The number of sulfonamides is 1. The molecule has 7 heteroatoms. The van der Waals surface area contributed by atoms with Crippen molar-refractivity contribution in [2.75, 3.05) is 32.9 Å². The van der Waals surface area contributed by atoms with Crippen LogP contribution in [0.3, 0.4) is 0 Å². The molecular weight excluding hydrogens is 290 g/mol. The van der Waals surface area contributed by atoms with E-state index in [-0.39, 0.29) is 11.8 Å². The molecule has 1 aromatic heterocycles. The summed E-state index contributed by atoms with van der Waals surface area (Å²) in [5.74, 6) is 1.02. The maximum atomic E-state index is 11.8. The first kappa shape index (κ1) is 16.5. The molecule has 1 aliphatic rings. The fourth-order valence-electron chi connectivity index (χ4n) is 2.77. The molecule has 1 aliphatic heterocycles. The number of piperidine rings is 1. The van der Waals surface area contributed by atoms with E-state index in [2.05, 4.69) is 10.1 Å². The van der Waals surface area contributed by atoms with Crippen LogP contribution in [0.5, 0.6) is 0 Å². The maximum Gasteiger partial charge on any atom is 0.213 e. The monoisotopic (exact) mass is 315 g/mol. The Kier molecular flexibility index (Phi) is 5.40. The molecule has 0 N–H and O–H groups in total. The van der Waals surface area contributed by atoms with Gasteiger partial charge in [-0.15, -0.1) is 0 Å². The van der Waals surface area contributed by atoms with E-state index >= 15 is 0 Å². The Hall–Kier alpha value is -0.920. The highest BCUT2D eigenvalue weighted by Gasteiger charge is 2.26. The van der Waals surface area contributed by atoms with Gasteiger partial charge in [0.1, 0.15) is 11.5 Å². The Morgan fingerprint density at radius 3 is 2.81 bits per heavy atom. The summed E-state index contributed by atoms with van der Waals surface area (Å²) in [6, 6.07) is 2.25. The number of hydrogen-bond donors (Lipinski definition) is 0. The number of aryl methyl sites for hydroxylation is 1. The minimum atomic E-state index is -3.10. The van der Waals surface area contributed by atoms with E-state index in [0.717, 1.165) is 37.4 Å². The second kappa shape index (κ2) is 6.89. The number of aromatic nitrogens is 1.